The highest BCUT2D eigenvalue weighted by Gasteiger charge is 2.32. The van der Waals surface area contributed by atoms with Crippen LogP contribution in [-0.2, 0) is 10.2 Å². The Morgan fingerprint density at radius 2 is 1.90 bits per heavy atom. The topological polar surface area (TPSA) is 52.3 Å². The Hall–Kier alpha value is -2.10. The van der Waals surface area contributed by atoms with Gasteiger partial charge in [0.1, 0.15) is 11.3 Å². The molecule has 0 aliphatic carbocycles. The second-order valence-corrected chi connectivity index (χ2v) is 5.57. The Labute approximate surface area is 118 Å². The van der Waals surface area contributed by atoms with E-state index in [-0.39, 0.29) is 5.41 Å². The molecule has 20 heavy (non-hydrogen) atoms. The lowest BCUT2D eigenvalue weighted by Gasteiger charge is -2.15. The highest BCUT2D eigenvalue weighted by atomic mass is 16.5. The molecule has 0 N–H and O–H groups in total. The minimum absolute atomic E-state index is 0.317. The largest absolute Gasteiger partial charge is 0.462 e. The van der Waals surface area contributed by atoms with E-state index in [1.165, 1.54) is 0 Å². The van der Waals surface area contributed by atoms with Gasteiger partial charge in [0.15, 0.2) is 5.76 Å². The Morgan fingerprint density at radius 3 is 2.45 bits per heavy atom. The zero-order chi connectivity index (χ0) is 14.8. The predicted octanol–water partition coefficient (Wildman–Crippen LogP) is 3.82. The molecule has 0 bridgehead atoms. The first-order valence-corrected chi connectivity index (χ1v) is 6.68. The van der Waals surface area contributed by atoms with Gasteiger partial charge >= 0.3 is 5.97 Å². The standard InChI is InChI=1S/C16H19NO3/c1-5-19-15(18)12-13(11-9-7-6-8-10-11)17-20-14(12)16(2,3)4/h6-10H,5H2,1-4H3. The average Bonchev–Trinajstić information content (AvgIpc) is 2.84. The maximum atomic E-state index is 12.2. The van der Waals surface area contributed by atoms with Gasteiger partial charge in [-0.1, -0.05) is 56.3 Å². The van der Waals surface area contributed by atoms with E-state index in [1.807, 2.05) is 51.1 Å². The van der Waals surface area contributed by atoms with Crippen LogP contribution in [0, 0.1) is 0 Å². The van der Waals surface area contributed by atoms with Crippen molar-refractivity contribution < 1.29 is 14.1 Å². The van der Waals surface area contributed by atoms with Gasteiger partial charge in [-0.15, -0.1) is 0 Å². The third kappa shape index (κ3) is 2.74. The molecule has 0 atom stereocenters. The summed E-state index contributed by atoms with van der Waals surface area (Å²) in [5.74, 6) is 0.160. The van der Waals surface area contributed by atoms with Gasteiger partial charge in [-0.2, -0.15) is 0 Å². The number of ether oxygens (including phenoxy) is 1. The van der Waals surface area contributed by atoms with Crippen LogP contribution >= 0.6 is 0 Å². The normalized spacial score (nSPS) is 11.4. The number of aromatic nitrogens is 1. The Balaban J connectivity index is 2.59. The first kappa shape index (κ1) is 14.3. The first-order valence-electron chi connectivity index (χ1n) is 6.68. The van der Waals surface area contributed by atoms with Gasteiger partial charge < -0.3 is 9.26 Å². The van der Waals surface area contributed by atoms with E-state index in [9.17, 15) is 4.79 Å². The predicted molar refractivity (Wildman–Crippen MR) is 76.6 cm³/mol. The zero-order valence-electron chi connectivity index (χ0n) is 12.3. The monoisotopic (exact) mass is 273 g/mol. The van der Waals surface area contributed by atoms with Crippen LogP contribution < -0.4 is 0 Å². The second kappa shape index (κ2) is 5.49. The average molecular weight is 273 g/mol. The van der Waals surface area contributed by atoms with Gasteiger partial charge in [-0.25, -0.2) is 4.79 Å². The molecule has 0 saturated heterocycles. The number of nitrogens with zero attached hydrogens (tertiary/aromatic N) is 1. The molecule has 0 spiro atoms. The van der Waals surface area contributed by atoms with E-state index in [1.54, 1.807) is 6.92 Å². The summed E-state index contributed by atoms with van der Waals surface area (Å²) in [5, 5.41) is 4.08. The fourth-order valence-electron chi connectivity index (χ4n) is 1.99. The molecule has 1 heterocycles. The minimum Gasteiger partial charge on any atom is -0.462 e. The van der Waals surface area contributed by atoms with Gasteiger partial charge in [-0.05, 0) is 6.92 Å². The van der Waals surface area contributed by atoms with Crippen molar-refractivity contribution in [1.82, 2.24) is 5.16 Å². The highest BCUT2D eigenvalue weighted by Crippen LogP contribution is 2.33. The van der Waals surface area contributed by atoms with Crippen LogP contribution in [0.1, 0.15) is 43.8 Å². The van der Waals surface area contributed by atoms with Crippen LogP contribution in [0.5, 0.6) is 0 Å². The fraction of sp³-hybridized carbons (Fsp3) is 0.375. The van der Waals surface area contributed by atoms with Crippen molar-refractivity contribution in [2.24, 2.45) is 0 Å². The number of esters is 1. The van der Waals surface area contributed by atoms with E-state index in [2.05, 4.69) is 5.16 Å². The van der Waals surface area contributed by atoms with Gasteiger partial charge in [0.2, 0.25) is 0 Å². The third-order valence-electron chi connectivity index (χ3n) is 2.90. The molecule has 1 aromatic heterocycles. The lowest BCUT2D eigenvalue weighted by Crippen LogP contribution is -2.17. The maximum absolute atomic E-state index is 12.2. The number of carbonyl (C=O) groups is 1. The summed E-state index contributed by atoms with van der Waals surface area (Å²) in [6, 6.07) is 9.50. The number of carbonyl (C=O) groups excluding carboxylic acids is 1. The van der Waals surface area contributed by atoms with Crippen molar-refractivity contribution in [3.63, 3.8) is 0 Å². The van der Waals surface area contributed by atoms with Gasteiger partial charge in [0, 0.05) is 11.0 Å². The summed E-state index contributed by atoms with van der Waals surface area (Å²) in [5.41, 5.74) is 1.48. The second-order valence-electron chi connectivity index (χ2n) is 5.57. The third-order valence-corrected chi connectivity index (χ3v) is 2.90. The van der Waals surface area contributed by atoms with Crippen molar-refractivity contribution >= 4 is 5.97 Å². The molecule has 2 aromatic rings. The Morgan fingerprint density at radius 1 is 1.25 bits per heavy atom. The van der Waals surface area contributed by atoms with Crippen molar-refractivity contribution in [1.29, 1.82) is 0 Å². The van der Waals surface area contributed by atoms with E-state index in [0.717, 1.165) is 5.56 Å². The molecule has 0 unspecified atom stereocenters. The van der Waals surface area contributed by atoms with Crippen LogP contribution in [0.3, 0.4) is 0 Å². The Bertz CT molecular complexity index is 594. The lowest BCUT2D eigenvalue weighted by atomic mass is 9.89. The molecule has 106 valence electrons. The molecule has 0 amide bonds. The molecule has 4 heteroatoms. The number of rotatable bonds is 3. The molecule has 0 radical (unpaired) electrons. The molecule has 4 nitrogen and oxygen atoms in total. The fourth-order valence-corrected chi connectivity index (χ4v) is 1.99. The van der Waals surface area contributed by atoms with Gasteiger partial charge in [0.25, 0.3) is 0 Å². The van der Waals surface area contributed by atoms with Crippen molar-refractivity contribution in [3.8, 4) is 11.3 Å². The lowest BCUT2D eigenvalue weighted by molar-refractivity contribution is 0.0522. The zero-order valence-corrected chi connectivity index (χ0v) is 12.3. The van der Waals surface area contributed by atoms with Crippen LogP contribution in [0.2, 0.25) is 0 Å². The number of hydrogen-bond donors (Lipinski definition) is 0. The molecule has 2 rings (SSSR count). The molecular weight excluding hydrogens is 254 g/mol. The summed E-state index contributed by atoms with van der Waals surface area (Å²) in [6.07, 6.45) is 0. The summed E-state index contributed by atoms with van der Waals surface area (Å²) in [7, 11) is 0. The van der Waals surface area contributed by atoms with Crippen molar-refractivity contribution in [3.05, 3.63) is 41.7 Å². The summed E-state index contributed by atoms with van der Waals surface area (Å²) < 4.78 is 10.6. The summed E-state index contributed by atoms with van der Waals surface area (Å²) in [4.78, 5) is 12.2. The maximum Gasteiger partial charge on any atom is 0.344 e. The van der Waals surface area contributed by atoms with Crippen molar-refractivity contribution in [2.75, 3.05) is 6.61 Å². The SMILES string of the molecule is CCOC(=O)c1c(-c2ccccc2)noc1C(C)(C)C. The quantitative estimate of drug-likeness (QED) is 0.798. The summed E-state index contributed by atoms with van der Waals surface area (Å²) >= 11 is 0. The molecular formula is C16H19NO3. The van der Waals surface area contributed by atoms with Crippen LogP contribution in [0.25, 0.3) is 11.3 Å². The number of hydrogen-bond acceptors (Lipinski definition) is 4. The van der Waals surface area contributed by atoms with Crippen molar-refractivity contribution in [2.45, 2.75) is 33.1 Å². The smallest absolute Gasteiger partial charge is 0.344 e. The summed E-state index contributed by atoms with van der Waals surface area (Å²) in [6.45, 7) is 8.03. The molecule has 0 aliphatic heterocycles. The molecule has 1 aromatic carbocycles. The van der Waals surface area contributed by atoms with E-state index < -0.39 is 5.97 Å². The van der Waals surface area contributed by atoms with Gasteiger partial charge in [-0.3, -0.25) is 0 Å². The first-order chi connectivity index (χ1) is 9.45. The molecule has 0 saturated carbocycles. The van der Waals surface area contributed by atoms with Crippen LogP contribution in [-0.4, -0.2) is 17.7 Å². The van der Waals surface area contributed by atoms with Gasteiger partial charge in [0.05, 0.1) is 6.61 Å². The minimum atomic E-state index is -0.391. The van der Waals surface area contributed by atoms with E-state index >= 15 is 0 Å². The van der Waals surface area contributed by atoms with E-state index in [4.69, 9.17) is 9.26 Å². The number of benzene rings is 1. The molecule has 0 aliphatic rings. The van der Waals surface area contributed by atoms with E-state index in [0.29, 0.717) is 23.6 Å². The highest BCUT2D eigenvalue weighted by molar-refractivity contribution is 5.97. The Kier molecular flexibility index (Phi) is 3.93. The molecule has 0 fully saturated rings. The van der Waals surface area contributed by atoms with Crippen LogP contribution in [0.4, 0.5) is 0 Å². The van der Waals surface area contributed by atoms with Crippen LogP contribution in [0.15, 0.2) is 34.9 Å².